The average molecular weight is 335 g/mol. The molecule has 0 spiro atoms. The number of carbonyl (C=O) groups is 2. The van der Waals surface area contributed by atoms with E-state index in [2.05, 4.69) is 16.6 Å². The number of hydrogen-bond acceptors (Lipinski definition) is 4. The van der Waals surface area contributed by atoms with E-state index in [0.717, 1.165) is 0 Å². The molecule has 24 heavy (non-hydrogen) atoms. The zero-order chi connectivity index (χ0) is 17.9. The number of methoxy groups -OCH3 is 1. The smallest absolute Gasteiger partial charge is 0.306 e. The van der Waals surface area contributed by atoms with Crippen molar-refractivity contribution in [2.24, 2.45) is 11.7 Å². The van der Waals surface area contributed by atoms with Gasteiger partial charge in [-0.3, -0.25) is 9.59 Å². The van der Waals surface area contributed by atoms with Crippen LogP contribution in [0.1, 0.15) is 38.2 Å². The van der Waals surface area contributed by atoms with Crippen LogP contribution in [0.5, 0.6) is 5.75 Å². The maximum Gasteiger partial charge on any atom is 0.306 e. The van der Waals surface area contributed by atoms with Gasteiger partial charge in [-0.15, -0.1) is 0 Å². The van der Waals surface area contributed by atoms with Crippen molar-refractivity contribution in [2.45, 2.75) is 32.6 Å². The van der Waals surface area contributed by atoms with Gasteiger partial charge in [0.15, 0.2) is 11.6 Å². The number of hydrogen-bond donors (Lipinski definition) is 1. The summed E-state index contributed by atoms with van der Waals surface area (Å²) in [5, 5.41) is 0. The Morgan fingerprint density at radius 1 is 1.33 bits per heavy atom. The first kappa shape index (κ1) is 19.5. The Morgan fingerprint density at radius 3 is 2.75 bits per heavy atom. The Labute approximate surface area is 141 Å². The Hall–Kier alpha value is -2.55. The molecule has 0 aliphatic rings. The lowest BCUT2D eigenvalue weighted by Crippen LogP contribution is -2.15. The number of esters is 1. The first-order chi connectivity index (χ1) is 11.4. The van der Waals surface area contributed by atoms with Crippen molar-refractivity contribution in [3.63, 3.8) is 0 Å². The van der Waals surface area contributed by atoms with Crippen molar-refractivity contribution >= 4 is 11.9 Å². The molecular weight excluding hydrogens is 313 g/mol. The highest BCUT2D eigenvalue weighted by Gasteiger charge is 2.10. The highest BCUT2D eigenvalue weighted by atomic mass is 19.1. The van der Waals surface area contributed by atoms with Gasteiger partial charge in [0.05, 0.1) is 25.7 Å². The monoisotopic (exact) mass is 335 g/mol. The van der Waals surface area contributed by atoms with Crippen LogP contribution in [0.2, 0.25) is 0 Å². The Balaban J connectivity index is 2.60. The van der Waals surface area contributed by atoms with Crippen LogP contribution >= 0.6 is 0 Å². The van der Waals surface area contributed by atoms with Crippen LogP contribution in [0.4, 0.5) is 4.39 Å². The summed E-state index contributed by atoms with van der Waals surface area (Å²) in [6.07, 6.45) is 1.32. The van der Waals surface area contributed by atoms with Crippen LogP contribution in [0.3, 0.4) is 0 Å². The second-order valence-corrected chi connectivity index (χ2v) is 5.42. The predicted octanol–water partition coefficient (Wildman–Crippen LogP) is 2.41. The number of benzene rings is 1. The van der Waals surface area contributed by atoms with Gasteiger partial charge in [-0.1, -0.05) is 24.8 Å². The molecular formula is C18H22FNO4. The fraction of sp³-hybridized carbons (Fsp3) is 0.444. The molecule has 0 saturated heterocycles. The first-order valence-electron chi connectivity index (χ1n) is 7.69. The van der Waals surface area contributed by atoms with Gasteiger partial charge in [0.25, 0.3) is 0 Å². The number of primary amides is 1. The molecule has 1 aromatic carbocycles. The van der Waals surface area contributed by atoms with E-state index in [-0.39, 0.29) is 48.6 Å². The third-order valence-corrected chi connectivity index (χ3v) is 3.28. The second-order valence-electron chi connectivity index (χ2n) is 5.42. The van der Waals surface area contributed by atoms with E-state index in [4.69, 9.17) is 10.5 Å². The van der Waals surface area contributed by atoms with E-state index in [1.807, 2.05) is 6.92 Å². The molecule has 1 rings (SSSR count). The van der Waals surface area contributed by atoms with Gasteiger partial charge < -0.3 is 15.2 Å². The third-order valence-electron chi connectivity index (χ3n) is 3.28. The topological polar surface area (TPSA) is 78.6 Å². The summed E-state index contributed by atoms with van der Waals surface area (Å²) in [4.78, 5) is 21.7. The lowest BCUT2D eigenvalue weighted by molar-refractivity contribution is -0.140. The number of ether oxygens (including phenoxy) is 2. The van der Waals surface area contributed by atoms with Gasteiger partial charge in [0.2, 0.25) is 5.91 Å². The standard InChI is InChI=1S/C18H22FNO4/c1-13(10-11-16(20)21)12-24-15-8-5-7-14(18(15)19)6-3-4-9-17(22)23-2/h5,7-8,13H,4,9-12H2,1-2H3,(H2,20,21)/t13-/m0/s1. The zero-order valence-electron chi connectivity index (χ0n) is 13.9. The summed E-state index contributed by atoms with van der Waals surface area (Å²) in [7, 11) is 1.31. The minimum Gasteiger partial charge on any atom is -0.490 e. The minimum absolute atomic E-state index is 0.0756. The Morgan fingerprint density at radius 2 is 2.08 bits per heavy atom. The van der Waals surface area contributed by atoms with E-state index in [9.17, 15) is 14.0 Å². The summed E-state index contributed by atoms with van der Waals surface area (Å²) in [6.45, 7) is 2.18. The molecule has 0 aromatic heterocycles. The third kappa shape index (κ3) is 7.14. The lowest BCUT2D eigenvalue weighted by atomic mass is 10.1. The van der Waals surface area contributed by atoms with Crippen molar-refractivity contribution < 1.29 is 23.5 Å². The first-order valence-corrected chi connectivity index (χ1v) is 7.69. The maximum atomic E-state index is 14.3. The van der Waals surface area contributed by atoms with Gasteiger partial charge in [-0.2, -0.15) is 0 Å². The molecule has 1 atom stereocenters. The maximum absolute atomic E-state index is 14.3. The molecule has 2 N–H and O–H groups in total. The number of halogens is 1. The van der Waals surface area contributed by atoms with Crippen molar-refractivity contribution in [1.29, 1.82) is 0 Å². The van der Waals surface area contributed by atoms with Crippen LogP contribution in [-0.2, 0) is 14.3 Å². The second kappa shape index (κ2) is 10.3. The average Bonchev–Trinajstić information content (AvgIpc) is 2.56. The number of amides is 1. The van der Waals surface area contributed by atoms with E-state index in [1.54, 1.807) is 12.1 Å². The van der Waals surface area contributed by atoms with Gasteiger partial charge in [-0.25, -0.2) is 4.39 Å². The van der Waals surface area contributed by atoms with Crippen LogP contribution in [-0.4, -0.2) is 25.6 Å². The highest BCUT2D eigenvalue weighted by molar-refractivity contribution is 5.73. The zero-order valence-corrected chi connectivity index (χ0v) is 13.9. The molecule has 6 heteroatoms. The fourth-order valence-electron chi connectivity index (χ4n) is 1.85. The quantitative estimate of drug-likeness (QED) is 0.584. The summed E-state index contributed by atoms with van der Waals surface area (Å²) >= 11 is 0. The molecule has 1 amide bonds. The Kier molecular flexibility index (Phi) is 8.34. The van der Waals surface area contributed by atoms with Gasteiger partial charge in [0, 0.05) is 12.8 Å². The molecule has 0 bridgehead atoms. The van der Waals surface area contributed by atoms with Crippen LogP contribution in [0, 0.1) is 23.6 Å². The van der Waals surface area contributed by atoms with Crippen LogP contribution in [0.25, 0.3) is 0 Å². The number of nitrogens with two attached hydrogens (primary N) is 1. The van der Waals surface area contributed by atoms with Crippen molar-refractivity contribution in [2.75, 3.05) is 13.7 Å². The van der Waals surface area contributed by atoms with Gasteiger partial charge in [0.1, 0.15) is 0 Å². The van der Waals surface area contributed by atoms with Crippen molar-refractivity contribution in [1.82, 2.24) is 0 Å². The molecule has 0 fully saturated rings. The molecule has 0 aliphatic carbocycles. The molecule has 0 radical (unpaired) electrons. The van der Waals surface area contributed by atoms with Crippen LogP contribution < -0.4 is 10.5 Å². The molecule has 0 saturated carbocycles. The summed E-state index contributed by atoms with van der Waals surface area (Å²) < 4.78 is 24.3. The summed E-state index contributed by atoms with van der Waals surface area (Å²) in [5.41, 5.74) is 5.30. The lowest BCUT2D eigenvalue weighted by Gasteiger charge is -2.13. The van der Waals surface area contributed by atoms with Gasteiger partial charge in [-0.05, 0) is 24.5 Å². The fourth-order valence-corrected chi connectivity index (χ4v) is 1.85. The molecule has 0 unspecified atom stereocenters. The molecule has 0 aliphatic heterocycles. The number of carbonyl (C=O) groups excluding carboxylic acids is 2. The highest BCUT2D eigenvalue weighted by Crippen LogP contribution is 2.21. The van der Waals surface area contributed by atoms with E-state index in [0.29, 0.717) is 12.8 Å². The molecule has 0 heterocycles. The molecule has 1 aromatic rings. The molecule has 5 nitrogen and oxygen atoms in total. The normalized spacial score (nSPS) is 11.1. The van der Waals surface area contributed by atoms with Crippen LogP contribution in [0.15, 0.2) is 18.2 Å². The van der Waals surface area contributed by atoms with Crippen molar-refractivity contribution in [3.05, 3.63) is 29.6 Å². The minimum atomic E-state index is -0.537. The van der Waals surface area contributed by atoms with E-state index in [1.165, 1.54) is 13.2 Å². The summed E-state index contributed by atoms with van der Waals surface area (Å²) in [5.74, 6) is 4.35. The van der Waals surface area contributed by atoms with E-state index >= 15 is 0 Å². The largest absolute Gasteiger partial charge is 0.490 e. The molecule has 130 valence electrons. The summed E-state index contributed by atoms with van der Waals surface area (Å²) in [6, 6.07) is 4.72. The predicted molar refractivity (Wildman–Crippen MR) is 87.6 cm³/mol. The van der Waals surface area contributed by atoms with E-state index < -0.39 is 5.82 Å². The number of rotatable bonds is 8. The SMILES string of the molecule is COC(=O)CCC#Cc1cccc(OC[C@@H](C)CCC(N)=O)c1F. The Bertz CT molecular complexity index is 634. The van der Waals surface area contributed by atoms with Crippen molar-refractivity contribution in [3.8, 4) is 17.6 Å². The van der Waals surface area contributed by atoms with Gasteiger partial charge >= 0.3 is 5.97 Å².